The fraction of sp³-hybridized carbons (Fsp3) is 0.348. The average molecular weight is 336 g/mol. The van der Waals surface area contributed by atoms with E-state index in [-0.39, 0.29) is 17.3 Å². The van der Waals surface area contributed by atoms with E-state index in [4.69, 9.17) is 4.74 Å². The smallest absolute Gasteiger partial charge is 0.309 e. The molecule has 0 heterocycles. The normalized spacial score (nSPS) is 13.0. The van der Waals surface area contributed by atoms with Crippen LogP contribution in [-0.4, -0.2) is 12.6 Å². The minimum atomic E-state index is -0.155. The Morgan fingerprint density at radius 2 is 1.68 bits per heavy atom. The molecule has 0 spiro atoms. The summed E-state index contributed by atoms with van der Waals surface area (Å²) in [5.74, 6) is -0.303. The minimum Gasteiger partial charge on any atom is -0.461 e. The highest BCUT2D eigenvalue weighted by Crippen LogP contribution is 2.23. The molecule has 0 saturated heterocycles. The molecule has 0 aromatic heterocycles. The number of esters is 1. The Labute approximate surface area is 151 Å². The van der Waals surface area contributed by atoms with Crippen molar-refractivity contribution in [3.05, 3.63) is 77.4 Å². The maximum absolute atomic E-state index is 12.1. The molecule has 2 aromatic rings. The highest BCUT2D eigenvalue weighted by molar-refractivity contribution is 5.72. The second kappa shape index (κ2) is 8.66. The first kappa shape index (κ1) is 19.0. The van der Waals surface area contributed by atoms with Crippen LogP contribution < -0.4 is 0 Å². The van der Waals surface area contributed by atoms with Crippen molar-refractivity contribution in [3.63, 3.8) is 0 Å². The molecular formula is C23H28O2. The number of benzene rings is 2. The number of hydrogen-bond donors (Lipinski definition) is 0. The standard InChI is InChI=1S/C23H28O2/c1-18(17-20-12-14-21(15-13-20)23(2,3)4)22(24)25-16-8-11-19-9-6-5-7-10-19/h5-15,18H,16-17H2,1-4H3/b11-8+. The Morgan fingerprint density at radius 3 is 2.28 bits per heavy atom. The Bertz CT molecular complexity index is 691. The molecule has 2 heteroatoms. The molecule has 0 N–H and O–H groups in total. The van der Waals surface area contributed by atoms with E-state index < -0.39 is 0 Å². The second-order valence-corrected chi connectivity index (χ2v) is 7.50. The lowest BCUT2D eigenvalue weighted by Crippen LogP contribution is -2.17. The van der Waals surface area contributed by atoms with E-state index in [1.807, 2.05) is 49.4 Å². The highest BCUT2D eigenvalue weighted by Gasteiger charge is 2.16. The van der Waals surface area contributed by atoms with Crippen LogP contribution in [0.4, 0.5) is 0 Å². The average Bonchev–Trinajstić information content (AvgIpc) is 2.59. The summed E-state index contributed by atoms with van der Waals surface area (Å²) in [6, 6.07) is 18.5. The van der Waals surface area contributed by atoms with E-state index in [1.165, 1.54) is 5.56 Å². The van der Waals surface area contributed by atoms with Gasteiger partial charge in [-0.1, -0.05) is 88.4 Å². The van der Waals surface area contributed by atoms with E-state index >= 15 is 0 Å². The number of carbonyl (C=O) groups is 1. The number of carbonyl (C=O) groups excluding carboxylic acids is 1. The summed E-state index contributed by atoms with van der Waals surface area (Å²) in [5.41, 5.74) is 3.72. The van der Waals surface area contributed by atoms with Crippen molar-refractivity contribution in [3.8, 4) is 0 Å². The summed E-state index contributed by atoms with van der Waals surface area (Å²) >= 11 is 0. The Morgan fingerprint density at radius 1 is 1.04 bits per heavy atom. The fourth-order valence-corrected chi connectivity index (χ4v) is 2.60. The Balaban J connectivity index is 1.81. The van der Waals surface area contributed by atoms with Crippen LogP contribution in [0.1, 0.15) is 44.4 Å². The molecule has 25 heavy (non-hydrogen) atoms. The van der Waals surface area contributed by atoms with Crippen molar-refractivity contribution < 1.29 is 9.53 Å². The molecule has 0 fully saturated rings. The van der Waals surface area contributed by atoms with Gasteiger partial charge >= 0.3 is 5.97 Å². The van der Waals surface area contributed by atoms with Crippen LogP contribution in [-0.2, 0) is 21.4 Å². The maximum Gasteiger partial charge on any atom is 0.309 e. The summed E-state index contributed by atoms with van der Waals surface area (Å²) in [4.78, 5) is 12.1. The van der Waals surface area contributed by atoms with Crippen molar-refractivity contribution in [2.24, 2.45) is 5.92 Å². The first-order chi connectivity index (χ1) is 11.9. The Hall–Kier alpha value is -2.35. The zero-order valence-corrected chi connectivity index (χ0v) is 15.7. The first-order valence-corrected chi connectivity index (χ1v) is 8.84. The van der Waals surface area contributed by atoms with E-state index in [9.17, 15) is 4.79 Å². The minimum absolute atomic E-state index is 0.147. The molecule has 1 atom stereocenters. The van der Waals surface area contributed by atoms with Crippen LogP contribution in [0.5, 0.6) is 0 Å². The largest absolute Gasteiger partial charge is 0.461 e. The van der Waals surface area contributed by atoms with Gasteiger partial charge in [-0.15, -0.1) is 0 Å². The molecular weight excluding hydrogens is 308 g/mol. The molecule has 2 aromatic carbocycles. The van der Waals surface area contributed by atoms with Crippen LogP contribution in [0.25, 0.3) is 6.08 Å². The molecule has 0 aliphatic carbocycles. The van der Waals surface area contributed by atoms with Crippen molar-refractivity contribution >= 4 is 12.0 Å². The molecule has 132 valence electrons. The van der Waals surface area contributed by atoms with Gasteiger partial charge in [0.15, 0.2) is 0 Å². The van der Waals surface area contributed by atoms with Gasteiger partial charge in [0.05, 0.1) is 5.92 Å². The third kappa shape index (κ3) is 6.22. The van der Waals surface area contributed by atoms with Crippen LogP contribution in [0.3, 0.4) is 0 Å². The Kier molecular flexibility index (Phi) is 6.58. The zero-order chi connectivity index (χ0) is 18.3. The summed E-state index contributed by atoms with van der Waals surface area (Å²) < 4.78 is 5.35. The van der Waals surface area contributed by atoms with Crippen molar-refractivity contribution in [2.45, 2.75) is 39.5 Å². The third-order valence-corrected chi connectivity index (χ3v) is 4.20. The van der Waals surface area contributed by atoms with Crippen LogP contribution in [0.15, 0.2) is 60.7 Å². The molecule has 0 aliphatic heterocycles. The molecule has 0 radical (unpaired) electrons. The summed E-state index contributed by atoms with van der Waals surface area (Å²) in [6.07, 6.45) is 4.53. The second-order valence-electron chi connectivity index (χ2n) is 7.50. The summed E-state index contributed by atoms with van der Waals surface area (Å²) in [7, 11) is 0. The SMILES string of the molecule is CC(Cc1ccc(C(C)(C)C)cc1)C(=O)OC/C=C/c1ccccc1. The van der Waals surface area contributed by atoms with Crippen molar-refractivity contribution in [2.75, 3.05) is 6.61 Å². The number of ether oxygens (including phenoxy) is 1. The van der Waals surface area contributed by atoms with Crippen molar-refractivity contribution in [1.82, 2.24) is 0 Å². The van der Waals surface area contributed by atoms with Gasteiger partial charge in [0.25, 0.3) is 0 Å². The first-order valence-electron chi connectivity index (χ1n) is 8.84. The molecule has 0 saturated carbocycles. The third-order valence-electron chi connectivity index (χ3n) is 4.20. The van der Waals surface area contributed by atoms with E-state index in [0.717, 1.165) is 11.1 Å². The predicted octanol–water partition coefficient (Wildman–Crippen LogP) is 5.42. The molecule has 0 bridgehead atoms. The zero-order valence-electron chi connectivity index (χ0n) is 15.7. The van der Waals surface area contributed by atoms with Gasteiger partial charge in [-0.25, -0.2) is 0 Å². The molecule has 1 unspecified atom stereocenters. The number of hydrogen-bond acceptors (Lipinski definition) is 2. The van der Waals surface area contributed by atoms with Crippen LogP contribution in [0, 0.1) is 5.92 Å². The van der Waals surface area contributed by atoms with Crippen LogP contribution >= 0.6 is 0 Å². The van der Waals surface area contributed by atoms with Crippen molar-refractivity contribution in [1.29, 1.82) is 0 Å². The molecule has 2 nitrogen and oxygen atoms in total. The monoisotopic (exact) mass is 336 g/mol. The summed E-state index contributed by atoms with van der Waals surface area (Å²) in [5, 5.41) is 0. The summed E-state index contributed by atoms with van der Waals surface area (Å²) in [6.45, 7) is 8.82. The molecule has 0 aliphatic rings. The van der Waals surface area contributed by atoms with Gasteiger partial charge in [0, 0.05) is 0 Å². The van der Waals surface area contributed by atoms with Gasteiger partial charge in [-0.2, -0.15) is 0 Å². The van der Waals surface area contributed by atoms with E-state index in [2.05, 4.69) is 45.0 Å². The van der Waals surface area contributed by atoms with Crippen LogP contribution in [0.2, 0.25) is 0 Å². The quantitative estimate of drug-likeness (QED) is 0.658. The van der Waals surface area contributed by atoms with Gasteiger partial charge in [-0.3, -0.25) is 4.79 Å². The predicted molar refractivity (Wildman–Crippen MR) is 104 cm³/mol. The van der Waals surface area contributed by atoms with Gasteiger partial charge in [0.2, 0.25) is 0 Å². The van der Waals surface area contributed by atoms with E-state index in [1.54, 1.807) is 0 Å². The van der Waals surface area contributed by atoms with Gasteiger partial charge < -0.3 is 4.74 Å². The highest BCUT2D eigenvalue weighted by atomic mass is 16.5. The number of rotatable bonds is 6. The molecule has 2 rings (SSSR count). The molecule has 0 amide bonds. The van der Waals surface area contributed by atoms with E-state index in [0.29, 0.717) is 13.0 Å². The lowest BCUT2D eigenvalue weighted by molar-refractivity contribution is -0.146. The van der Waals surface area contributed by atoms with Gasteiger partial charge in [-0.05, 0) is 34.6 Å². The fourth-order valence-electron chi connectivity index (χ4n) is 2.60. The lowest BCUT2D eigenvalue weighted by Gasteiger charge is -2.19. The lowest BCUT2D eigenvalue weighted by atomic mass is 9.86. The topological polar surface area (TPSA) is 26.3 Å². The van der Waals surface area contributed by atoms with Gasteiger partial charge in [0.1, 0.15) is 6.61 Å². The maximum atomic E-state index is 12.1.